The fourth-order valence-corrected chi connectivity index (χ4v) is 10.8. The summed E-state index contributed by atoms with van der Waals surface area (Å²) in [5.74, 6) is -1.43. The van der Waals surface area contributed by atoms with E-state index in [1.54, 1.807) is 0 Å². The molecule has 3 N–H and O–H groups in total. The molecule has 0 aromatic carbocycles. The summed E-state index contributed by atoms with van der Waals surface area (Å²) in [5.41, 5.74) is 0. The molecule has 0 fully saturated rings. The number of carbonyl (C=O) groups excluding carboxylic acids is 4. The van der Waals surface area contributed by atoms with Crippen molar-refractivity contribution in [2.45, 2.75) is 329 Å². The van der Waals surface area contributed by atoms with Gasteiger partial charge in [-0.05, 0) is 31.6 Å². The lowest BCUT2D eigenvalue weighted by Crippen LogP contribution is -2.30. The number of unbranched alkanes of at least 4 members (excludes halogenated alkanes) is 33. The largest absolute Gasteiger partial charge is 0.472 e. The second-order valence-corrected chi connectivity index (χ2v) is 25.6. The van der Waals surface area contributed by atoms with E-state index < -0.39 is 97.5 Å². The van der Waals surface area contributed by atoms with Gasteiger partial charge in [0.05, 0.1) is 26.4 Å². The first-order valence-electron chi connectivity index (χ1n) is 32.7. The molecule has 0 aromatic heterocycles. The smallest absolute Gasteiger partial charge is 0.462 e. The first-order chi connectivity index (χ1) is 39.1. The highest BCUT2D eigenvalue weighted by Crippen LogP contribution is 2.45. The number of phosphoric ester groups is 2. The van der Waals surface area contributed by atoms with Crippen LogP contribution in [0.1, 0.15) is 311 Å². The fraction of sp³-hybridized carbons (Fsp3) is 0.935. The SMILES string of the molecule is CCCCCCCCCCCCCCCCC(=O)O[C@H](COC(=O)CCCCCCCCCCCCCC)COP(=O)(O)OC[C@@H](O)COP(=O)(O)OC[C@@H](COC(=O)CCCCCCC)OC(=O)CCCCCCCCC(C)CC. The second-order valence-electron chi connectivity index (χ2n) is 22.7. The zero-order chi connectivity index (χ0) is 59.9. The van der Waals surface area contributed by atoms with Crippen LogP contribution in [0, 0.1) is 5.92 Å². The molecule has 0 spiro atoms. The van der Waals surface area contributed by atoms with E-state index in [-0.39, 0.29) is 25.7 Å². The third-order valence-corrected chi connectivity index (χ3v) is 16.5. The number of phosphoric acid groups is 2. The van der Waals surface area contributed by atoms with Crippen LogP contribution in [0.15, 0.2) is 0 Å². The van der Waals surface area contributed by atoms with Gasteiger partial charge in [-0.25, -0.2) is 9.13 Å². The van der Waals surface area contributed by atoms with E-state index in [1.807, 2.05) is 0 Å². The Bertz CT molecular complexity index is 1590. The Morgan fingerprint density at radius 1 is 0.346 bits per heavy atom. The average molecular weight is 1200 g/mol. The molecule has 19 heteroatoms. The molecule has 3 unspecified atom stereocenters. The molecule has 0 aromatic rings. The van der Waals surface area contributed by atoms with Gasteiger partial charge in [0.15, 0.2) is 12.2 Å². The van der Waals surface area contributed by atoms with Gasteiger partial charge in [0.1, 0.15) is 19.3 Å². The molecule has 480 valence electrons. The van der Waals surface area contributed by atoms with Crippen LogP contribution in [0.5, 0.6) is 0 Å². The van der Waals surface area contributed by atoms with Crippen molar-refractivity contribution < 1.29 is 80.2 Å². The maximum atomic E-state index is 13.0. The topological polar surface area (TPSA) is 237 Å². The Balaban J connectivity index is 5.18. The lowest BCUT2D eigenvalue weighted by Gasteiger charge is -2.21. The van der Waals surface area contributed by atoms with Crippen molar-refractivity contribution >= 4 is 39.5 Å². The maximum Gasteiger partial charge on any atom is 0.472 e. The van der Waals surface area contributed by atoms with Gasteiger partial charge < -0.3 is 33.8 Å². The highest BCUT2D eigenvalue weighted by Gasteiger charge is 2.30. The highest BCUT2D eigenvalue weighted by molar-refractivity contribution is 7.47. The maximum absolute atomic E-state index is 13.0. The molecule has 0 aliphatic rings. The molecular formula is C62H120O17P2. The summed E-state index contributed by atoms with van der Waals surface area (Å²) in [6, 6.07) is 0. The minimum absolute atomic E-state index is 0.102. The standard InChI is InChI=1S/C62H120O17P2/c1-6-10-13-16-18-20-22-24-25-27-29-31-37-42-47-61(66)78-58(52-73-60(65)46-41-36-30-28-26-23-21-19-17-14-11-7-2)54-77-81(70,71)75-50-56(63)49-74-80(68,69)76-53-57(51-72-59(64)45-40-34-15-12-8-3)79-62(67)48-43-38-33-32-35-39-44-55(5)9-4/h55-58,63H,6-54H2,1-5H3,(H,68,69)(H,70,71)/t55?,56-,57+,58+/m0/s1. The first-order valence-corrected chi connectivity index (χ1v) is 35.7. The summed E-state index contributed by atoms with van der Waals surface area (Å²) in [5, 5.41) is 10.5. The summed E-state index contributed by atoms with van der Waals surface area (Å²) in [6.45, 7) is 7.05. The molecule has 0 saturated carbocycles. The van der Waals surface area contributed by atoms with Crippen molar-refractivity contribution in [1.29, 1.82) is 0 Å². The van der Waals surface area contributed by atoms with Gasteiger partial charge in [-0.3, -0.25) is 37.3 Å². The third-order valence-electron chi connectivity index (χ3n) is 14.6. The molecule has 0 rings (SSSR count). The quantitative estimate of drug-likeness (QED) is 0.0222. The minimum atomic E-state index is -4.94. The zero-order valence-electron chi connectivity index (χ0n) is 51.9. The van der Waals surface area contributed by atoms with Crippen molar-refractivity contribution in [2.75, 3.05) is 39.6 Å². The zero-order valence-corrected chi connectivity index (χ0v) is 53.7. The van der Waals surface area contributed by atoms with Crippen LogP contribution in [-0.4, -0.2) is 96.7 Å². The number of hydrogen-bond donors (Lipinski definition) is 3. The molecule has 0 amide bonds. The van der Waals surface area contributed by atoms with Crippen LogP contribution in [0.3, 0.4) is 0 Å². The van der Waals surface area contributed by atoms with Crippen LogP contribution < -0.4 is 0 Å². The van der Waals surface area contributed by atoms with Gasteiger partial charge in [-0.15, -0.1) is 0 Å². The minimum Gasteiger partial charge on any atom is -0.462 e. The van der Waals surface area contributed by atoms with Crippen LogP contribution in [0.4, 0.5) is 0 Å². The summed E-state index contributed by atoms with van der Waals surface area (Å²) >= 11 is 0. The van der Waals surface area contributed by atoms with Crippen molar-refractivity contribution in [2.24, 2.45) is 5.92 Å². The molecule has 0 heterocycles. The van der Waals surface area contributed by atoms with E-state index in [2.05, 4.69) is 34.6 Å². The monoisotopic (exact) mass is 1200 g/mol. The normalized spacial score (nSPS) is 14.6. The van der Waals surface area contributed by atoms with Crippen LogP contribution in [0.2, 0.25) is 0 Å². The number of carbonyl (C=O) groups is 4. The second kappa shape index (κ2) is 55.9. The van der Waals surface area contributed by atoms with Crippen LogP contribution in [-0.2, 0) is 65.4 Å². The Morgan fingerprint density at radius 2 is 0.593 bits per heavy atom. The van der Waals surface area contributed by atoms with Gasteiger partial charge in [-0.1, -0.05) is 259 Å². The van der Waals surface area contributed by atoms with E-state index in [0.717, 1.165) is 102 Å². The number of esters is 4. The Labute approximate surface area is 492 Å². The summed E-state index contributed by atoms with van der Waals surface area (Å²) in [6.07, 6.45) is 39.2. The molecule has 0 saturated heterocycles. The first kappa shape index (κ1) is 79.1. The Kier molecular flexibility index (Phi) is 54.6. The number of rotatable bonds is 62. The van der Waals surface area contributed by atoms with E-state index in [1.165, 1.54) is 128 Å². The molecule has 6 atom stereocenters. The van der Waals surface area contributed by atoms with E-state index in [4.69, 9.17) is 37.0 Å². The van der Waals surface area contributed by atoms with E-state index >= 15 is 0 Å². The molecule has 81 heavy (non-hydrogen) atoms. The Hall–Kier alpha value is -1.94. The van der Waals surface area contributed by atoms with Crippen molar-refractivity contribution in [3.63, 3.8) is 0 Å². The lowest BCUT2D eigenvalue weighted by molar-refractivity contribution is -0.161. The van der Waals surface area contributed by atoms with E-state index in [0.29, 0.717) is 25.7 Å². The third kappa shape index (κ3) is 55.7. The predicted octanol–water partition coefficient (Wildman–Crippen LogP) is 17.0. The molecule has 0 aliphatic carbocycles. The van der Waals surface area contributed by atoms with Gasteiger partial charge in [0, 0.05) is 25.7 Å². The van der Waals surface area contributed by atoms with Crippen molar-refractivity contribution in [3.05, 3.63) is 0 Å². The number of aliphatic hydroxyl groups is 1. The van der Waals surface area contributed by atoms with Gasteiger partial charge in [-0.2, -0.15) is 0 Å². The van der Waals surface area contributed by atoms with Gasteiger partial charge >= 0.3 is 39.5 Å². The van der Waals surface area contributed by atoms with Crippen LogP contribution >= 0.6 is 15.6 Å². The number of hydrogen-bond acceptors (Lipinski definition) is 15. The van der Waals surface area contributed by atoms with Crippen LogP contribution in [0.25, 0.3) is 0 Å². The average Bonchev–Trinajstić information content (AvgIpc) is 3.44. The molecule has 0 radical (unpaired) electrons. The van der Waals surface area contributed by atoms with Gasteiger partial charge in [0.2, 0.25) is 0 Å². The Morgan fingerprint density at radius 3 is 0.877 bits per heavy atom. The number of ether oxygens (including phenoxy) is 4. The fourth-order valence-electron chi connectivity index (χ4n) is 9.20. The van der Waals surface area contributed by atoms with Crippen molar-refractivity contribution in [3.8, 4) is 0 Å². The highest BCUT2D eigenvalue weighted by atomic mass is 31.2. The molecular weight excluding hydrogens is 1080 g/mol. The lowest BCUT2D eigenvalue weighted by atomic mass is 10.00. The molecule has 0 aliphatic heterocycles. The van der Waals surface area contributed by atoms with Crippen molar-refractivity contribution in [1.82, 2.24) is 0 Å². The predicted molar refractivity (Wildman–Crippen MR) is 322 cm³/mol. The summed E-state index contributed by atoms with van der Waals surface area (Å²) in [4.78, 5) is 71.9. The van der Waals surface area contributed by atoms with Gasteiger partial charge in [0.25, 0.3) is 0 Å². The summed E-state index contributed by atoms with van der Waals surface area (Å²) < 4.78 is 67.7. The molecule has 17 nitrogen and oxygen atoms in total. The van der Waals surface area contributed by atoms with E-state index in [9.17, 15) is 43.2 Å². The summed E-state index contributed by atoms with van der Waals surface area (Å²) in [7, 11) is -9.87. The number of aliphatic hydroxyl groups excluding tert-OH is 1. The molecule has 0 bridgehead atoms.